The lowest BCUT2D eigenvalue weighted by molar-refractivity contribution is -0.648. The van der Waals surface area contributed by atoms with Crippen LogP contribution in [-0.4, -0.2) is 17.0 Å². The van der Waals surface area contributed by atoms with Crippen LogP contribution in [-0.2, 0) is 11.8 Å². The second-order valence-electron chi connectivity index (χ2n) is 4.11. The van der Waals surface area contributed by atoms with Crippen molar-refractivity contribution in [3.05, 3.63) is 46.0 Å². The molecule has 18 heavy (non-hydrogen) atoms. The molecule has 0 radical (unpaired) electrons. The first-order chi connectivity index (χ1) is 8.54. The summed E-state index contributed by atoms with van der Waals surface area (Å²) in [5.41, 5.74) is 1.36. The first kappa shape index (κ1) is 12.3. The van der Waals surface area contributed by atoms with E-state index in [2.05, 4.69) is 0 Å². The molecule has 0 unspecified atom stereocenters. The van der Waals surface area contributed by atoms with E-state index in [1.54, 1.807) is 24.7 Å². The Morgan fingerprint density at radius 3 is 2.83 bits per heavy atom. The number of carbonyl (C=O) groups is 1. The zero-order valence-electron chi connectivity index (χ0n) is 10.6. The van der Waals surface area contributed by atoms with E-state index in [4.69, 9.17) is 4.74 Å². The van der Waals surface area contributed by atoms with E-state index in [1.807, 2.05) is 19.1 Å². The van der Waals surface area contributed by atoms with Gasteiger partial charge in [0.1, 0.15) is 12.4 Å². The Bertz CT molecular complexity index is 674. The number of aryl methyl sites for hydroxylation is 2. The van der Waals surface area contributed by atoms with Gasteiger partial charge in [0.15, 0.2) is 5.56 Å². The smallest absolute Gasteiger partial charge is 0.357 e. The summed E-state index contributed by atoms with van der Waals surface area (Å²) in [7, 11) is 1.78. The number of hydrogen-bond acceptors (Lipinski definition) is 3. The predicted molar refractivity (Wildman–Crippen MR) is 65.5 cm³/mol. The minimum atomic E-state index is -0.589. The van der Waals surface area contributed by atoms with Crippen molar-refractivity contribution in [2.24, 2.45) is 7.05 Å². The molecular weight excluding hydrogens is 232 g/mol. The maximum Gasteiger partial charge on any atom is 0.357 e. The largest absolute Gasteiger partial charge is 0.462 e. The molecule has 0 amide bonds. The van der Waals surface area contributed by atoms with Crippen LogP contribution in [0.3, 0.4) is 0 Å². The topological polar surface area (TPSA) is 51.7 Å². The average Bonchev–Trinajstić information content (AvgIpc) is 2.33. The summed E-state index contributed by atoms with van der Waals surface area (Å²) < 4.78 is 8.07. The summed E-state index contributed by atoms with van der Waals surface area (Å²) in [6.07, 6.45) is 3.21. The van der Waals surface area contributed by atoms with Crippen LogP contribution in [0.4, 0.5) is 0 Å². The highest BCUT2D eigenvalue weighted by atomic mass is 16.5. The molecular formula is C13H15N2O3+. The van der Waals surface area contributed by atoms with Crippen molar-refractivity contribution in [3.8, 4) is 0 Å². The maximum atomic E-state index is 12.2. The van der Waals surface area contributed by atoms with Crippen molar-refractivity contribution in [1.29, 1.82) is 0 Å². The second-order valence-corrected chi connectivity index (χ2v) is 4.11. The molecule has 2 rings (SSSR count). The number of esters is 1. The quantitative estimate of drug-likeness (QED) is 0.577. The molecule has 0 saturated heterocycles. The van der Waals surface area contributed by atoms with E-state index in [9.17, 15) is 9.59 Å². The summed E-state index contributed by atoms with van der Waals surface area (Å²) in [6, 6.07) is 3.75. The molecule has 0 fully saturated rings. The molecule has 0 saturated carbocycles. The third kappa shape index (κ3) is 1.99. The van der Waals surface area contributed by atoms with Gasteiger partial charge < -0.3 is 4.74 Å². The Morgan fingerprint density at radius 2 is 2.17 bits per heavy atom. The Hall–Kier alpha value is -2.17. The number of aromatic nitrogens is 2. The van der Waals surface area contributed by atoms with Gasteiger partial charge in [0.05, 0.1) is 13.7 Å². The Morgan fingerprint density at radius 1 is 1.44 bits per heavy atom. The van der Waals surface area contributed by atoms with E-state index in [0.717, 1.165) is 11.2 Å². The van der Waals surface area contributed by atoms with Crippen molar-refractivity contribution in [2.75, 3.05) is 6.61 Å². The van der Waals surface area contributed by atoms with Crippen molar-refractivity contribution < 1.29 is 14.1 Å². The number of fused-ring (bicyclic) bond motifs is 1. The van der Waals surface area contributed by atoms with Crippen LogP contribution in [0.2, 0.25) is 0 Å². The Balaban J connectivity index is 2.75. The average molecular weight is 247 g/mol. The minimum absolute atomic E-state index is 0.0439. The van der Waals surface area contributed by atoms with Crippen LogP contribution in [0, 0.1) is 6.92 Å². The van der Waals surface area contributed by atoms with Gasteiger partial charge >= 0.3 is 11.5 Å². The van der Waals surface area contributed by atoms with Gasteiger partial charge in [0.25, 0.3) is 5.65 Å². The molecule has 0 N–H and O–H groups in total. The molecule has 2 aromatic heterocycles. The van der Waals surface area contributed by atoms with Gasteiger partial charge in [-0.05, 0) is 25.5 Å². The molecule has 0 spiro atoms. The van der Waals surface area contributed by atoms with E-state index < -0.39 is 5.97 Å². The number of nitrogens with zero attached hydrogens (tertiary/aromatic N) is 2. The molecule has 0 aliphatic heterocycles. The van der Waals surface area contributed by atoms with Crippen molar-refractivity contribution in [3.63, 3.8) is 0 Å². The molecule has 0 aliphatic rings. The minimum Gasteiger partial charge on any atom is -0.462 e. The predicted octanol–water partition coefficient (Wildman–Crippen LogP) is 0.609. The molecule has 0 bridgehead atoms. The summed E-state index contributed by atoms with van der Waals surface area (Å²) in [6.45, 7) is 3.85. The zero-order valence-corrected chi connectivity index (χ0v) is 10.6. The lowest BCUT2D eigenvalue weighted by atomic mass is 10.3. The number of hydrogen-bond donors (Lipinski definition) is 0. The van der Waals surface area contributed by atoms with E-state index in [1.165, 1.54) is 10.6 Å². The molecule has 5 nitrogen and oxygen atoms in total. The van der Waals surface area contributed by atoms with Gasteiger partial charge in [-0.15, -0.1) is 0 Å². The summed E-state index contributed by atoms with van der Waals surface area (Å²) in [4.78, 5) is 23.9. The summed E-state index contributed by atoms with van der Waals surface area (Å²) in [5, 5.41) is 0. The highest BCUT2D eigenvalue weighted by Gasteiger charge is 2.20. The van der Waals surface area contributed by atoms with E-state index in [0.29, 0.717) is 0 Å². The lowest BCUT2D eigenvalue weighted by Crippen LogP contribution is -2.39. The third-order valence-electron chi connectivity index (χ3n) is 2.70. The van der Waals surface area contributed by atoms with Crippen molar-refractivity contribution in [2.45, 2.75) is 13.8 Å². The monoisotopic (exact) mass is 247 g/mol. The number of pyridine rings is 1. The van der Waals surface area contributed by atoms with E-state index >= 15 is 0 Å². The second kappa shape index (κ2) is 4.60. The molecule has 94 valence electrons. The van der Waals surface area contributed by atoms with Gasteiger partial charge in [-0.25, -0.2) is 14.2 Å². The Labute approximate surface area is 104 Å². The summed E-state index contributed by atoms with van der Waals surface area (Å²) in [5.74, 6) is -0.589. The highest BCUT2D eigenvalue weighted by Crippen LogP contribution is 2.01. The number of carbonyl (C=O) groups excluding carboxylic acids is 1. The third-order valence-corrected chi connectivity index (χ3v) is 2.70. The van der Waals surface area contributed by atoms with Crippen LogP contribution < -0.4 is 10.1 Å². The molecule has 0 aliphatic carbocycles. The Kier molecular flexibility index (Phi) is 3.14. The molecule has 2 aromatic rings. The van der Waals surface area contributed by atoms with Crippen LogP contribution >= 0.6 is 0 Å². The normalized spacial score (nSPS) is 10.6. The fraction of sp³-hybridized carbons (Fsp3) is 0.308. The maximum absolute atomic E-state index is 12.2. The fourth-order valence-corrected chi connectivity index (χ4v) is 1.84. The first-order valence-corrected chi connectivity index (χ1v) is 5.73. The lowest BCUT2D eigenvalue weighted by Gasteiger charge is -2.03. The molecule has 2 heterocycles. The van der Waals surface area contributed by atoms with Crippen molar-refractivity contribution in [1.82, 2.24) is 4.40 Å². The van der Waals surface area contributed by atoms with Gasteiger partial charge in [-0.3, -0.25) is 0 Å². The number of ether oxygens (including phenoxy) is 1. The standard InChI is InChI=1S/C13H15N2O3/c1-4-18-13(17)10-8-14(3)11-6-5-9(2)7-15(11)12(10)16/h5-8H,4H2,1-3H3/q+1. The zero-order chi connectivity index (χ0) is 13.3. The van der Waals surface area contributed by atoms with Gasteiger partial charge in [-0.2, -0.15) is 4.40 Å². The molecule has 0 aromatic carbocycles. The van der Waals surface area contributed by atoms with Gasteiger partial charge in [0, 0.05) is 6.07 Å². The van der Waals surface area contributed by atoms with E-state index in [-0.39, 0.29) is 17.7 Å². The fourth-order valence-electron chi connectivity index (χ4n) is 1.84. The van der Waals surface area contributed by atoms with Crippen LogP contribution in [0.25, 0.3) is 5.65 Å². The molecule has 5 heteroatoms. The SMILES string of the molecule is CCOC(=O)c1c[n+](C)c2ccc(C)cn2c1=O. The van der Waals surface area contributed by atoms with Gasteiger partial charge in [-0.1, -0.05) is 0 Å². The summed E-state index contributed by atoms with van der Waals surface area (Å²) >= 11 is 0. The van der Waals surface area contributed by atoms with Crippen LogP contribution in [0.5, 0.6) is 0 Å². The van der Waals surface area contributed by atoms with Crippen molar-refractivity contribution >= 4 is 11.6 Å². The number of rotatable bonds is 2. The molecule has 0 atom stereocenters. The highest BCUT2D eigenvalue weighted by molar-refractivity contribution is 5.88. The van der Waals surface area contributed by atoms with Gasteiger partial charge in [0.2, 0.25) is 0 Å². The van der Waals surface area contributed by atoms with Crippen LogP contribution in [0.1, 0.15) is 22.8 Å². The first-order valence-electron chi connectivity index (χ1n) is 5.73. The van der Waals surface area contributed by atoms with Crippen LogP contribution in [0.15, 0.2) is 29.3 Å².